The van der Waals surface area contributed by atoms with E-state index in [1.807, 2.05) is 48.5 Å². The molecule has 0 N–H and O–H groups in total. The third kappa shape index (κ3) is 3.75. The Hall–Kier alpha value is -3.26. The molecule has 2 heteroatoms. The number of hydrogen-bond donors (Lipinski definition) is 0. The molecular weight excluding hydrogens is 392 g/mol. The van der Waals surface area contributed by atoms with Crippen molar-refractivity contribution in [2.75, 3.05) is 0 Å². The van der Waals surface area contributed by atoms with Crippen LogP contribution >= 0.6 is 0 Å². The van der Waals surface area contributed by atoms with Crippen LogP contribution in [0.1, 0.15) is 74.2 Å². The maximum Gasteiger partial charge on any atom is 0.234 e. The Balaban J connectivity index is 1.91. The summed E-state index contributed by atoms with van der Waals surface area (Å²) in [5.74, 6) is -0.151. The van der Waals surface area contributed by atoms with E-state index in [9.17, 15) is 9.59 Å². The Morgan fingerprint density at radius 1 is 0.688 bits per heavy atom. The average molecular weight is 422 g/mol. The van der Waals surface area contributed by atoms with Crippen LogP contribution in [0.2, 0.25) is 0 Å². The third-order valence-corrected chi connectivity index (χ3v) is 6.21. The smallest absolute Gasteiger partial charge is 0.234 e. The highest BCUT2D eigenvalue weighted by Gasteiger charge is 2.23. The molecule has 4 aromatic rings. The number of carbonyl (C=O) groups excluding carboxylic acids is 2. The second-order valence-corrected chi connectivity index (χ2v) is 10.6. The van der Waals surface area contributed by atoms with Crippen LogP contribution in [0.5, 0.6) is 0 Å². The summed E-state index contributed by atoms with van der Waals surface area (Å²) in [6.07, 6.45) is 2.06. The van der Waals surface area contributed by atoms with Crippen LogP contribution in [0.15, 0.2) is 66.7 Å². The highest BCUT2D eigenvalue weighted by Crippen LogP contribution is 2.34. The van der Waals surface area contributed by atoms with Crippen molar-refractivity contribution < 1.29 is 9.59 Å². The molecular formula is C30H29O2. The second kappa shape index (κ2) is 7.70. The second-order valence-electron chi connectivity index (χ2n) is 10.6. The highest BCUT2D eigenvalue weighted by atomic mass is 16.1. The lowest BCUT2D eigenvalue weighted by Gasteiger charge is -2.22. The number of benzene rings is 4. The van der Waals surface area contributed by atoms with Crippen LogP contribution in [-0.4, -0.2) is 12.1 Å². The van der Waals surface area contributed by atoms with Crippen LogP contribution < -0.4 is 0 Å². The molecule has 0 saturated carbocycles. The Morgan fingerprint density at radius 2 is 1.34 bits per heavy atom. The van der Waals surface area contributed by atoms with E-state index in [1.165, 1.54) is 11.1 Å². The van der Waals surface area contributed by atoms with Crippen LogP contribution in [-0.2, 0) is 15.6 Å². The van der Waals surface area contributed by atoms with Gasteiger partial charge in [-0.15, -0.1) is 0 Å². The first-order valence-electron chi connectivity index (χ1n) is 11.0. The van der Waals surface area contributed by atoms with E-state index < -0.39 is 0 Å². The molecule has 0 atom stereocenters. The fourth-order valence-corrected chi connectivity index (χ4v) is 4.39. The molecule has 0 fully saturated rings. The van der Waals surface area contributed by atoms with E-state index in [-0.39, 0.29) is 16.6 Å². The summed E-state index contributed by atoms with van der Waals surface area (Å²) in [6.45, 7) is 13.0. The topological polar surface area (TPSA) is 34.1 Å². The van der Waals surface area contributed by atoms with Crippen LogP contribution in [0, 0.1) is 0 Å². The van der Waals surface area contributed by atoms with Gasteiger partial charge < -0.3 is 0 Å². The van der Waals surface area contributed by atoms with Gasteiger partial charge in [0.05, 0.1) is 0 Å². The fraction of sp³-hybridized carbons (Fsp3) is 0.267. The van der Waals surface area contributed by atoms with Crippen molar-refractivity contribution in [2.24, 2.45) is 0 Å². The molecule has 0 bridgehead atoms. The molecule has 0 unspecified atom stereocenters. The van der Waals surface area contributed by atoms with Crippen molar-refractivity contribution in [1.29, 1.82) is 0 Å². The quantitative estimate of drug-likeness (QED) is 0.326. The SMILES string of the molecule is CC(C)(C)c1ccc2c([C]=O)c(C(=O)c3ccc(C(C)(C)C)c4ccccc34)ccc2c1. The Kier molecular flexibility index (Phi) is 5.29. The summed E-state index contributed by atoms with van der Waals surface area (Å²) in [5.41, 5.74) is 3.67. The number of ketones is 1. The first-order chi connectivity index (χ1) is 15.0. The molecule has 1 radical (unpaired) electrons. The summed E-state index contributed by atoms with van der Waals surface area (Å²) in [4.78, 5) is 25.7. The van der Waals surface area contributed by atoms with Crippen molar-refractivity contribution in [3.8, 4) is 0 Å². The maximum absolute atomic E-state index is 13.7. The summed E-state index contributed by atoms with van der Waals surface area (Å²) in [5, 5.41) is 3.68. The van der Waals surface area contributed by atoms with E-state index in [0.29, 0.717) is 16.7 Å². The number of hydrogen-bond acceptors (Lipinski definition) is 2. The van der Waals surface area contributed by atoms with Crippen LogP contribution in [0.3, 0.4) is 0 Å². The van der Waals surface area contributed by atoms with Crippen molar-refractivity contribution in [3.05, 3.63) is 94.5 Å². The summed E-state index contributed by atoms with van der Waals surface area (Å²) < 4.78 is 0. The Labute approximate surface area is 190 Å². The molecule has 0 heterocycles. The molecule has 4 aromatic carbocycles. The van der Waals surface area contributed by atoms with Gasteiger partial charge in [0.2, 0.25) is 6.29 Å². The molecule has 4 rings (SSSR count). The Morgan fingerprint density at radius 3 is 1.97 bits per heavy atom. The number of rotatable bonds is 3. The number of fused-ring (bicyclic) bond motifs is 2. The summed E-state index contributed by atoms with van der Waals surface area (Å²) in [7, 11) is 0. The van der Waals surface area contributed by atoms with E-state index in [2.05, 4.69) is 60.0 Å². The zero-order valence-corrected chi connectivity index (χ0v) is 19.7. The lowest BCUT2D eigenvalue weighted by Crippen LogP contribution is -2.13. The van der Waals surface area contributed by atoms with Gasteiger partial charge in [0.25, 0.3) is 0 Å². The molecule has 0 aliphatic rings. The summed E-state index contributed by atoms with van der Waals surface area (Å²) >= 11 is 0. The van der Waals surface area contributed by atoms with Gasteiger partial charge in [0, 0.05) is 16.7 Å². The van der Waals surface area contributed by atoms with Crippen molar-refractivity contribution in [3.63, 3.8) is 0 Å². The molecule has 2 nitrogen and oxygen atoms in total. The standard InChI is InChI=1S/C30H29O2/c1-29(2,3)20-12-14-21-19(17-20)11-13-25(26(21)18-31)28(32)24-15-16-27(30(4,5)6)23-10-8-7-9-22(23)24/h7-17H,1-6H3. The van der Waals surface area contributed by atoms with Crippen LogP contribution in [0.25, 0.3) is 21.5 Å². The minimum atomic E-state index is -0.151. The monoisotopic (exact) mass is 421 g/mol. The molecule has 0 aliphatic carbocycles. The minimum absolute atomic E-state index is 0.00144. The van der Waals surface area contributed by atoms with E-state index >= 15 is 0 Å². The predicted octanol–water partition coefficient (Wildman–Crippen LogP) is 7.28. The lowest BCUT2D eigenvalue weighted by atomic mass is 9.81. The predicted molar refractivity (Wildman–Crippen MR) is 134 cm³/mol. The van der Waals surface area contributed by atoms with Crippen molar-refractivity contribution >= 4 is 33.6 Å². The molecule has 0 saturated heterocycles. The highest BCUT2D eigenvalue weighted by molar-refractivity contribution is 6.21. The first-order valence-corrected chi connectivity index (χ1v) is 11.0. The molecule has 0 spiro atoms. The van der Waals surface area contributed by atoms with E-state index in [4.69, 9.17) is 0 Å². The van der Waals surface area contributed by atoms with Gasteiger partial charge in [-0.2, -0.15) is 0 Å². The molecule has 32 heavy (non-hydrogen) atoms. The van der Waals surface area contributed by atoms with Gasteiger partial charge in [-0.05, 0) is 49.6 Å². The molecule has 0 amide bonds. The van der Waals surface area contributed by atoms with Gasteiger partial charge in [0.1, 0.15) is 0 Å². The zero-order valence-electron chi connectivity index (χ0n) is 19.7. The summed E-state index contributed by atoms with van der Waals surface area (Å²) in [6, 6.07) is 21.7. The van der Waals surface area contributed by atoms with E-state index in [0.717, 1.165) is 21.5 Å². The fourth-order valence-electron chi connectivity index (χ4n) is 4.39. The molecule has 0 aromatic heterocycles. The largest absolute Gasteiger partial charge is 0.289 e. The minimum Gasteiger partial charge on any atom is -0.289 e. The van der Waals surface area contributed by atoms with Gasteiger partial charge in [0.15, 0.2) is 5.78 Å². The zero-order chi connectivity index (χ0) is 23.3. The van der Waals surface area contributed by atoms with Gasteiger partial charge >= 0.3 is 0 Å². The first kappa shape index (κ1) is 22.0. The van der Waals surface area contributed by atoms with Gasteiger partial charge in [-0.25, -0.2) is 0 Å². The van der Waals surface area contributed by atoms with Crippen molar-refractivity contribution in [1.82, 2.24) is 0 Å². The van der Waals surface area contributed by atoms with Gasteiger partial charge in [-0.1, -0.05) is 102 Å². The lowest BCUT2D eigenvalue weighted by molar-refractivity contribution is 0.104. The average Bonchev–Trinajstić information content (AvgIpc) is 2.75. The molecule has 161 valence electrons. The van der Waals surface area contributed by atoms with Gasteiger partial charge in [-0.3, -0.25) is 9.59 Å². The normalized spacial score (nSPS) is 12.3. The molecule has 0 aliphatic heterocycles. The Bertz CT molecular complexity index is 1360. The maximum atomic E-state index is 13.7. The third-order valence-electron chi connectivity index (χ3n) is 6.21. The van der Waals surface area contributed by atoms with Crippen LogP contribution in [0.4, 0.5) is 0 Å². The number of carbonyl (C=O) groups is 1. The van der Waals surface area contributed by atoms with E-state index in [1.54, 1.807) is 6.07 Å². The van der Waals surface area contributed by atoms with Crippen molar-refractivity contribution in [2.45, 2.75) is 52.4 Å².